The van der Waals surface area contributed by atoms with Crippen LogP contribution in [0.2, 0.25) is 0 Å². The largest absolute Gasteiger partial charge is 0.481 e. The molecule has 0 radical (unpaired) electrons. The zero-order chi connectivity index (χ0) is 13.0. The molecule has 1 aromatic carbocycles. The van der Waals surface area contributed by atoms with Crippen molar-refractivity contribution in [1.29, 1.82) is 0 Å². The Morgan fingerprint density at radius 3 is 2.35 bits per heavy atom. The van der Waals surface area contributed by atoms with Crippen LogP contribution in [0.1, 0.15) is 40.7 Å². The molecule has 0 heterocycles. The number of rotatable bonds is 5. The van der Waals surface area contributed by atoms with Gasteiger partial charge < -0.3 is 5.11 Å². The average Bonchev–Trinajstić information content (AvgIpc) is 2.22. The third kappa shape index (κ3) is 3.97. The molecule has 0 aliphatic carbocycles. The van der Waals surface area contributed by atoms with Crippen molar-refractivity contribution in [2.75, 3.05) is 0 Å². The van der Waals surface area contributed by atoms with Crippen LogP contribution >= 0.6 is 15.9 Å². The topological polar surface area (TPSA) is 54.4 Å². The first-order chi connectivity index (χ1) is 7.91. The van der Waals surface area contributed by atoms with E-state index in [1.54, 1.807) is 0 Å². The summed E-state index contributed by atoms with van der Waals surface area (Å²) in [6.45, 7) is 3.94. The van der Waals surface area contributed by atoms with E-state index in [9.17, 15) is 9.59 Å². The smallest absolute Gasteiger partial charge is 0.303 e. The number of aliphatic carboxylic acids is 1. The second-order valence-electron chi connectivity index (χ2n) is 4.09. The predicted octanol–water partition coefficient (Wildman–Crippen LogP) is 3.50. The second-order valence-corrected chi connectivity index (χ2v) is 4.94. The molecule has 0 unspecified atom stereocenters. The summed E-state index contributed by atoms with van der Waals surface area (Å²) in [5, 5.41) is 8.51. The van der Waals surface area contributed by atoms with Crippen LogP contribution in [-0.2, 0) is 4.79 Å². The summed E-state index contributed by atoms with van der Waals surface area (Å²) in [4.78, 5) is 22.3. The SMILES string of the molecule is Cc1cc(Br)c(C(=O)CCCC(=O)O)cc1C. The number of carboxylic acid groups (broad SMARTS) is 1. The van der Waals surface area contributed by atoms with Crippen LogP contribution in [0.15, 0.2) is 16.6 Å². The predicted molar refractivity (Wildman–Crippen MR) is 69.4 cm³/mol. The molecule has 0 bridgehead atoms. The van der Waals surface area contributed by atoms with E-state index < -0.39 is 5.97 Å². The van der Waals surface area contributed by atoms with Gasteiger partial charge in [-0.2, -0.15) is 0 Å². The van der Waals surface area contributed by atoms with E-state index >= 15 is 0 Å². The Morgan fingerprint density at radius 2 is 1.76 bits per heavy atom. The van der Waals surface area contributed by atoms with Gasteiger partial charge in [-0.3, -0.25) is 9.59 Å². The van der Waals surface area contributed by atoms with Gasteiger partial charge in [0.2, 0.25) is 0 Å². The Bertz CT molecular complexity index is 452. The molecule has 1 N–H and O–H groups in total. The summed E-state index contributed by atoms with van der Waals surface area (Å²) in [5.41, 5.74) is 2.83. The van der Waals surface area contributed by atoms with Gasteiger partial charge in [0.15, 0.2) is 5.78 Å². The molecule has 0 aromatic heterocycles. The molecular weight excluding hydrogens is 284 g/mol. The number of carbonyl (C=O) groups excluding carboxylic acids is 1. The van der Waals surface area contributed by atoms with Crippen LogP contribution in [0.4, 0.5) is 0 Å². The van der Waals surface area contributed by atoms with Crippen molar-refractivity contribution in [3.8, 4) is 0 Å². The van der Waals surface area contributed by atoms with Crippen LogP contribution in [0, 0.1) is 13.8 Å². The lowest BCUT2D eigenvalue weighted by atomic mass is 10.0. The molecule has 0 aliphatic heterocycles. The van der Waals surface area contributed by atoms with Crippen LogP contribution in [0.25, 0.3) is 0 Å². The summed E-state index contributed by atoms with van der Waals surface area (Å²) >= 11 is 3.37. The maximum absolute atomic E-state index is 11.9. The van der Waals surface area contributed by atoms with Gasteiger partial charge in [0.05, 0.1) is 0 Å². The molecule has 4 heteroatoms. The molecule has 0 atom stereocenters. The molecule has 0 amide bonds. The van der Waals surface area contributed by atoms with Gasteiger partial charge in [-0.15, -0.1) is 0 Å². The Kier molecular flexibility index (Phi) is 4.87. The number of aryl methyl sites for hydroxylation is 2. The van der Waals surface area contributed by atoms with Crippen LogP contribution in [-0.4, -0.2) is 16.9 Å². The maximum Gasteiger partial charge on any atom is 0.303 e. The van der Waals surface area contributed by atoms with Crippen molar-refractivity contribution < 1.29 is 14.7 Å². The minimum Gasteiger partial charge on any atom is -0.481 e. The number of hydrogen-bond acceptors (Lipinski definition) is 2. The highest BCUT2D eigenvalue weighted by molar-refractivity contribution is 9.10. The lowest BCUT2D eigenvalue weighted by Gasteiger charge is -2.07. The first-order valence-corrected chi connectivity index (χ1v) is 6.23. The number of benzene rings is 1. The van der Waals surface area contributed by atoms with Gasteiger partial charge in [-0.25, -0.2) is 0 Å². The lowest BCUT2D eigenvalue weighted by molar-refractivity contribution is -0.137. The second kappa shape index (κ2) is 5.96. The summed E-state index contributed by atoms with van der Waals surface area (Å²) in [7, 11) is 0. The molecule has 3 nitrogen and oxygen atoms in total. The average molecular weight is 299 g/mol. The fraction of sp³-hybridized carbons (Fsp3) is 0.385. The monoisotopic (exact) mass is 298 g/mol. The van der Waals surface area contributed by atoms with E-state index in [0.29, 0.717) is 12.0 Å². The van der Waals surface area contributed by atoms with E-state index in [0.717, 1.165) is 15.6 Å². The summed E-state index contributed by atoms with van der Waals surface area (Å²) in [6, 6.07) is 3.77. The molecule has 0 saturated carbocycles. The third-order valence-corrected chi connectivity index (χ3v) is 3.33. The minimum absolute atomic E-state index is 0.0128. The normalized spacial score (nSPS) is 10.3. The van der Waals surface area contributed by atoms with Crippen molar-refractivity contribution in [3.63, 3.8) is 0 Å². The number of halogens is 1. The molecule has 1 aromatic rings. The zero-order valence-electron chi connectivity index (χ0n) is 9.92. The Balaban J connectivity index is 2.75. The highest BCUT2D eigenvalue weighted by Crippen LogP contribution is 2.23. The maximum atomic E-state index is 11.9. The van der Waals surface area contributed by atoms with Crippen molar-refractivity contribution in [2.24, 2.45) is 0 Å². The Labute approximate surface area is 109 Å². The molecule has 0 spiro atoms. The van der Waals surface area contributed by atoms with E-state index in [2.05, 4.69) is 15.9 Å². The zero-order valence-corrected chi connectivity index (χ0v) is 11.5. The molecule has 92 valence electrons. The number of carbonyl (C=O) groups is 2. The van der Waals surface area contributed by atoms with Crippen molar-refractivity contribution in [1.82, 2.24) is 0 Å². The molecule has 17 heavy (non-hydrogen) atoms. The third-order valence-electron chi connectivity index (χ3n) is 2.68. The van der Waals surface area contributed by atoms with E-state index in [1.807, 2.05) is 26.0 Å². The van der Waals surface area contributed by atoms with Crippen LogP contribution < -0.4 is 0 Å². The van der Waals surface area contributed by atoms with Gasteiger partial charge >= 0.3 is 5.97 Å². The number of ketones is 1. The highest BCUT2D eigenvalue weighted by Gasteiger charge is 2.12. The van der Waals surface area contributed by atoms with Gasteiger partial charge in [-0.05, 0) is 43.5 Å². The van der Waals surface area contributed by atoms with Crippen LogP contribution in [0.5, 0.6) is 0 Å². The Hall–Kier alpha value is -1.16. The summed E-state index contributed by atoms with van der Waals surface area (Å²) < 4.78 is 0.779. The van der Waals surface area contributed by atoms with Crippen molar-refractivity contribution >= 4 is 27.7 Å². The molecule has 1 rings (SSSR count). The van der Waals surface area contributed by atoms with Crippen LogP contribution in [0.3, 0.4) is 0 Å². The summed E-state index contributed by atoms with van der Waals surface area (Å²) in [5.74, 6) is -0.877. The number of carboxylic acids is 1. The molecule has 0 saturated heterocycles. The highest BCUT2D eigenvalue weighted by atomic mass is 79.9. The quantitative estimate of drug-likeness (QED) is 0.847. The molecule has 0 fully saturated rings. The molecular formula is C13H15BrO3. The molecule has 0 aliphatic rings. The Morgan fingerprint density at radius 1 is 1.18 bits per heavy atom. The minimum atomic E-state index is -0.864. The van der Waals surface area contributed by atoms with Gasteiger partial charge in [0, 0.05) is 22.9 Å². The first kappa shape index (κ1) is 13.9. The fourth-order valence-electron chi connectivity index (χ4n) is 1.53. The van der Waals surface area contributed by atoms with Gasteiger partial charge in [0.1, 0.15) is 0 Å². The number of hydrogen-bond donors (Lipinski definition) is 1. The fourth-order valence-corrected chi connectivity index (χ4v) is 2.21. The first-order valence-electron chi connectivity index (χ1n) is 5.43. The lowest BCUT2D eigenvalue weighted by Crippen LogP contribution is -2.03. The van der Waals surface area contributed by atoms with Crippen molar-refractivity contribution in [3.05, 3.63) is 33.3 Å². The van der Waals surface area contributed by atoms with Crippen molar-refractivity contribution in [2.45, 2.75) is 33.1 Å². The van der Waals surface area contributed by atoms with Gasteiger partial charge in [-0.1, -0.05) is 15.9 Å². The van der Waals surface area contributed by atoms with E-state index in [4.69, 9.17) is 5.11 Å². The standard InChI is InChI=1S/C13H15BrO3/c1-8-6-10(11(14)7-9(8)2)12(15)4-3-5-13(16)17/h6-7H,3-5H2,1-2H3,(H,16,17). The number of Topliss-reactive ketones (excluding diaryl/α,β-unsaturated/α-hetero) is 1. The summed E-state index contributed by atoms with van der Waals surface area (Å²) in [6.07, 6.45) is 0.690. The van der Waals surface area contributed by atoms with E-state index in [-0.39, 0.29) is 18.6 Å². The van der Waals surface area contributed by atoms with E-state index in [1.165, 1.54) is 0 Å². The van der Waals surface area contributed by atoms with Gasteiger partial charge in [0.25, 0.3) is 0 Å².